The third kappa shape index (κ3) is 1.65. The molecule has 1 aliphatic heterocycles. The van der Waals surface area contributed by atoms with Gasteiger partial charge >= 0.3 is 0 Å². The zero-order chi connectivity index (χ0) is 12.8. The van der Waals surface area contributed by atoms with Crippen LogP contribution >= 0.6 is 0 Å². The van der Waals surface area contributed by atoms with Crippen LogP contribution in [0, 0.1) is 11.6 Å². The molecule has 0 N–H and O–H groups in total. The lowest BCUT2D eigenvalue weighted by atomic mass is 9.69. The van der Waals surface area contributed by atoms with E-state index >= 15 is 0 Å². The topological polar surface area (TPSA) is 15.6 Å². The summed E-state index contributed by atoms with van der Waals surface area (Å²) >= 11 is 0. The van der Waals surface area contributed by atoms with Crippen LogP contribution < -0.4 is 0 Å². The summed E-state index contributed by atoms with van der Waals surface area (Å²) in [5.74, 6) is 1.05. The largest absolute Gasteiger partial charge is 0.248 e. The first-order valence-corrected chi connectivity index (χ1v) is 6.59. The van der Waals surface area contributed by atoms with Gasteiger partial charge in [0.15, 0.2) is 0 Å². The van der Waals surface area contributed by atoms with Gasteiger partial charge in [0.1, 0.15) is 6.04 Å². The van der Waals surface area contributed by atoms with Gasteiger partial charge in [-0.3, -0.25) is 0 Å². The first-order valence-electron chi connectivity index (χ1n) is 6.59. The van der Waals surface area contributed by atoms with Crippen molar-refractivity contribution in [3.05, 3.63) is 47.8 Å². The second-order valence-corrected chi connectivity index (χ2v) is 5.89. The Morgan fingerprint density at radius 2 is 2.11 bits per heavy atom. The molecule has 0 aromatic heterocycles. The lowest BCUT2D eigenvalue weighted by Crippen LogP contribution is -2.40. The lowest BCUT2D eigenvalue weighted by Gasteiger charge is -2.40. The van der Waals surface area contributed by atoms with E-state index in [1.54, 1.807) is 6.20 Å². The van der Waals surface area contributed by atoms with E-state index < -0.39 is 0 Å². The third-order valence-corrected chi connectivity index (χ3v) is 4.18. The minimum atomic E-state index is 0.246. The fourth-order valence-corrected chi connectivity index (χ4v) is 3.13. The van der Waals surface area contributed by atoms with E-state index in [-0.39, 0.29) is 5.41 Å². The highest BCUT2D eigenvalue weighted by molar-refractivity contribution is 5.83. The normalized spacial score (nSPS) is 24.5. The van der Waals surface area contributed by atoms with E-state index in [1.165, 1.54) is 24.0 Å². The van der Waals surface area contributed by atoms with E-state index in [0.717, 1.165) is 5.84 Å². The van der Waals surface area contributed by atoms with Gasteiger partial charge in [0.25, 0.3) is 0 Å². The molecule has 0 amide bonds. The molecule has 0 bridgehead atoms. The van der Waals surface area contributed by atoms with Crippen LogP contribution in [0.3, 0.4) is 0 Å². The van der Waals surface area contributed by atoms with Crippen LogP contribution in [0.2, 0.25) is 0 Å². The van der Waals surface area contributed by atoms with Crippen molar-refractivity contribution in [3.63, 3.8) is 0 Å². The van der Waals surface area contributed by atoms with Crippen LogP contribution in [0.15, 0.2) is 35.5 Å². The summed E-state index contributed by atoms with van der Waals surface area (Å²) in [6.07, 6.45) is 7.44. The van der Waals surface area contributed by atoms with Crippen molar-refractivity contribution in [2.45, 2.75) is 39.7 Å². The molecule has 18 heavy (non-hydrogen) atoms. The summed E-state index contributed by atoms with van der Waals surface area (Å²) in [5.41, 5.74) is 3.16. The smallest absolute Gasteiger partial charge is 0.124 e. The predicted octanol–water partition coefficient (Wildman–Crippen LogP) is 3.71. The number of aliphatic imine (C=N–C) groups is 1. The molecule has 1 atom stereocenters. The first-order chi connectivity index (χ1) is 8.59. The van der Waals surface area contributed by atoms with Crippen molar-refractivity contribution < 1.29 is 0 Å². The van der Waals surface area contributed by atoms with Crippen molar-refractivity contribution in [1.82, 2.24) is 4.90 Å². The first kappa shape index (κ1) is 11.4. The predicted molar refractivity (Wildman–Crippen MR) is 74.0 cm³/mol. The number of rotatable bonds is 1. The molecule has 1 unspecified atom stereocenters. The van der Waals surface area contributed by atoms with Gasteiger partial charge in [-0.25, -0.2) is 0 Å². The summed E-state index contributed by atoms with van der Waals surface area (Å²) in [7, 11) is 0. The zero-order valence-corrected chi connectivity index (χ0v) is 11.3. The van der Waals surface area contributed by atoms with Crippen LogP contribution in [-0.4, -0.2) is 10.7 Å². The van der Waals surface area contributed by atoms with E-state index in [0.29, 0.717) is 6.04 Å². The number of hydrogen-bond donors (Lipinski definition) is 0. The Morgan fingerprint density at radius 1 is 1.33 bits per heavy atom. The Balaban J connectivity index is 2.10. The van der Waals surface area contributed by atoms with Gasteiger partial charge in [-0.15, -0.1) is 9.89 Å². The van der Waals surface area contributed by atoms with Crippen molar-refractivity contribution >= 4 is 5.84 Å². The summed E-state index contributed by atoms with van der Waals surface area (Å²) in [4.78, 5) is 6.54. The molecule has 0 radical (unpaired) electrons. The average molecular weight is 239 g/mol. The maximum Gasteiger partial charge on any atom is 0.248 e. The third-order valence-electron chi connectivity index (χ3n) is 4.18. The van der Waals surface area contributed by atoms with Gasteiger partial charge < -0.3 is 0 Å². The fourth-order valence-electron chi connectivity index (χ4n) is 3.13. The number of hydrogen-bond acceptors (Lipinski definition) is 2. The van der Waals surface area contributed by atoms with Crippen molar-refractivity contribution in [1.29, 1.82) is 0 Å². The van der Waals surface area contributed by atoms with E-state index in [4.69, 9.17) is 0 Å². The summed E-state index contributed by atoms with van der Waals surface area (Å²) in [6.45, 7) is 6.76. The fraction of sp³-hybridized carbons (Fsp3) is 0.438. The van der Waals surface area contributed by atoms with Crippen LogP contribution in [0.4, 0.5) is 0 Å². The SMILES string of the molecule is CC1=NC=[C+]N1C1c2ccccc2CCC1(C)C. The maximum absolute atomic E-state index is 4.34. The minimum Gasteiger partial charge on any atom is -0.124 e. The van der Waals surface area contributed by atoms with Crippen molar-refractivity contribution in [2.75, 3.05) is 0 Å². The Kier molecular flexibility index (Phi) is 2.49. The molecule has 0 saturated heterocycles. The molecule has 0 saturated carbocycles. The molecule has 2 aliphatic rings. The second kappa shape index (κ2) is 3.93. The van der Waals surface area contributed by atoms with Gasteiger partial charge in [-0.05, 0) is 29.4 Å². The summed E-state index contributed by atoms with van der Waals surface area (Å²) in [5, 5.41) is 0. The molecule has 1 heterocycles. The van der Waals surface area contributed by atoms with Gasteiger partial charge in [0.2, 0.25) is 18.2 Å². The molecular weight excluding hydrogens is 220 g/mol. The Morgan fingerprint density at radius 3 is 2.83 bits per heavy atom. The van der Waals surface area contributed by atoms with Crippen LogP contribution in [0.1, 0.15) is 44.4 Å². The van der Waals surface area contributed by atoms with Gasteiger partial charge in [-0.1, -0.05) is 38.1 Å². The number of nitrogens with zero attached hydrogens (tertiary/aromatic N) is 2. The molecule has 92 valence electrons. The quantitative estimate of drug-likeness (QED) is 0.682. The molecule has 2 nitrogen and oxygen atoms in total. The number of aryl methyl sites for hydroxylation is 1. The Hall–Kier alpha value is -1.66. The van der Waals surface area contributed by atoms with Crippen molar-refractivity contribution in [2.24, 2.45) is 10.4 Å². The molecule has 0 fully saturated rings. The van der Waals surface area contributed by atoms with Gasteiger partial charge in [0.05, 0.1) is 6.92 Å². The maximum atomic E-state index is 4.34. The van der Waals surface area contributed by atoms with E-state index in [2.05, 4.69) is 61.1 Å². The number of benzene rings is 1. The highest BCUT2D eigenvalue weighted by Crippen LogP contribution is 2.47. The molecule has 3 rings (SSSR count). The minimum absolute atomic E-state index is 0.246. The molecule has 1 aromatic rings. The highest BCUT2D eigenvalue weighted by Gasteiger charge is 2.45. The van der Waals surface area contributed by atoms with Crippen molar-refractivity contribution in [3.8, 4) is 0 Å². The van der Waals surface area contributed by atoms with E-state index in [1.807, 2.05) is 0 Å². The number of amidine groups is 1. The van der Waals surface area contributed by atoms with Crippen LogP contribution in [0.25, 0.3) is 0 Å². The monoisotopic (exact) mass is 239 g/mol. The highest BCUT2D eigenvalue weighted by atomic mass is 15.2. The Bertz CT molecular complexity index is 526. The molecular formula is C16H19N2+. The zero-order valence-electron chi connectivity index (χ0n) is 11.3. The molecule has 0 spiro atoms. The van der Waals surface area contributed by atoms with Crippen LogP contribution in [0.5, 0.6) is 0 Å². The molecule has 1 aliphatic carbocycles. The van der Waals surface area contributed by atoms with E-state index in [9.17, 15) is 0 Å². The second-order valence-electron chi connectivity index (χ2n) is 5.89. The molecule has 1 aromatic carbocycles. The summed E-state index contributed by atoms with van der Waals surface area (Å²) in [6, 6.07) is 9.14. The number of fused-ring (bicyclic) bond motifs is 1. The average Bonchev–Trinajstić information content (AvgIpc) is 2.74. The van der Waals surface area contributed by atoms with Crippen LogP contribution in [-0.2, 0) is 6.42 Å². The standard InChI is InChI=1S/C16H19N2/c1-12-17-10-11-18(12)15-14-7-5-4-6-13(14)8-9-16(15,2)3/h4-7,10,15H,8-9H2,1-3H3/q+1. The lowest BCUT2D eigenvalue weighted by molar-refractivity contribution is 0.155. The summed E-state index contributed by atoms with van der Waals surface area (Å²) < 4.78 is 0. The van der Waals surface area contributed by atoms with Gasteiger partial charge in [-0.2, -0.15) is 0 Å². The Labute approximate surface area is 109 Å². The molecule has 2 heteroatoms. The van der Waals surface area contributed by atoms with Gasteiger partial charge in [0, 0.05) is 0 Å².